The Morgan fingerprint density at radius 3 is 2.08 bits per heavy atom. The molecule has 142 valence electrons. The van der Waals surface area contributed by atoms with Gasteiger partial charge in [-0.05, 0) is 5.92 Å². The molecule has 0 aromatic carbocycles. The lowest BCUT2D eigenvalue weighted by molar-refractivity contribution is -0.143. The molecule has 0 aromatic rings. The van der Waals surface area contributed by atoms with E-state index in [9.17, 15) is 24.0 Å². The van der Waals surface area contributed by atoms with Gasteiger partial charge in [0.2, 0.25) is 17.7 Å². The van der Waals surface area contributed by atoms with E-state index in [1.54, 1.807) is 13.8 Å². The van der Waals surface area contributed by atoms with E-state index in [4.69, 9.17) is 15.9 Å². The Morgan fingerprint density at radius 2 is 1.64 bits per heavy atom. The molecule has 7 N–H and O–H groups in total. The van der Waals surface area contributed by atoms with Gasteiger partial charge in [0.15, 0.2) is 0 Å². The topological polar surface area (TPSA) is 188 Å². The molecule has 11 nitrogen and oxygen atoms in total. The minimum atomic E-state index is -1.40. The number of aliphatic carboxylic acids is 2. The summed E-state index contributed by atoms with van der Waals surface area (Å²) in [5.41, 5.74) is 5.09. The minimum absolute atomic E-state index is 0.319. The van der Waals surface area contributed by atoms with Gasteiger partial charge in [-0.2, -0.15) is 0 Å². The molecule has 0 aliphatic rings. The molecule has 0 saturated heterocycles. The molecular formula is C14H24N4O7. The molecule has 25 heavy (non-hydrogen) atoms. The monoisotopic (exact) mass is 360 g/mol. The molecule has 0 rings (SSSR count). The number of carboxylic acids is 2. The number of hydrogen-bond acceptors (Lipinski definition) is 6. The van der Waals surface area contributed by atoms with Gasteiger partial charge in [0.05, 0.1) is 19.5 Å². The fourth-order valence-electron chi connectivity index (χ4n) is 1.84. The van der Waals surface area contributed by atoms with E-state index in [2.05, 4.69) is 16.0 Å². The zero-order chi connectivity index (χ0) is 19.6. The number of rotatable bonds is 11. The highest BCUT2D eigenvalue weighted by atomic mass is 16.4. The highest BCUT2D eigenvalue weighted by Crippen LogP contribution is 2.07. The van der Waals surface area contributed by atoms with Crippen LogP contribution in [-0.2, 0) is 24.0 Å². The van der Waals surface area contributed by atoms with Crippen molar-refractivity contribution in [1.29, 1.82) is 0 Å². The number of carboxylic acid groups (broad SMARTS) is 2. The minimum Gasteiger partial charge on any atom is -0.481 e. The highest BCUT2D eigenvalue weighted by Gasteiger charge is 2.27. The number of carbonyl (C=O) groups is 5. The Labute approximate surface area is 144 Å². The molecule has 0 fully saturated rings. The Balaban J connectivity index is 4.70. The van der Waals surface area contributed by atoms with Crippen LogP contribution in [-0.4, -0.2) is 65.0 Å². The van der Waals surface area contributed by atoms with Crippen LogP contribution in [0.3, 0.4) is 0 Å². The lowest BCUT2D eigenvalue weighted by Crippen LogP contribution is -2.53. The van der Waals surface area contributed by atoms with Crippen molar-refractivity contribution in [3.63, 3.8) is 0 Å². The predicted molar refractivity (Wildman–Crippen MR) is 85.3 cm³/mol. The summed E-state index contributed by atoms with van der Waals surface area (Å²) in [4.78, 5) is 56.8. The Hall–Kier alpha value is -2.69. The van der Waals surface area contributed by atoms with Crippen LogP contribution < -0.4 is 21.7 Å². The fourth-order valence-corrected chi connectivity index (χ4v) is 1.84. The van der Waals surface area contributed by atoms with Gasteiger partial charge in [-0.15, -0.1) is 0 Å². The van der Waals surface area contributed by atoms with Crippen LogP contribution in [0.4, 0.5) is 0 Å². The first-order valence-electron chi connectivity index (χ1n) is 7.63. The first-order chi connectivity index (χ1) is 11.6. The van der Waals surface area contributed by atoms with Gasteiger partial charge < -0.3 is 31.9 Å². The normalized spacial score (nSPS) is 13.9. The maximum atomic E-state index is 11.9. The van der Waals surface area contributed by atoms with Gasteiger partial charge in [0.25, 0.3) is 0 Å². The van der Waals surface area contributed by atoms with E-state index in [0.29, 0.717) is 6.42 Å². The van der Waals surface area contributed by atoms with E-state index in [1.165, 1.54) is 0 Å². The van der Waals surface area contributed by atoms with Gasteiger partial charge in [-0.25, -0.2) is 4.79 Å². The second-order valence-corrected chi connectivity index (χ2v) is 5.41. The number of nitrogens with one attached hydrogen (secondary N) is 3. The van der Waals surface area contributed by atoms with Crippen molar-refractivity contribution in [3.8, 4) is 0 Å². The zero-order valence-corrected chi connectivity index (χ0v) is 14.1. The lowest BCUT2D eigenvalue weighted by atomic mass is 9.99. The van der Waals surface area contributed by atoms with Crippen LogP contribution in [0.2, 0.25) is 0 Å². The van der Waals surface area contributed by atoms with Crippen molar-refractivity contribution in [2.45, 2.75) is 38.8 Å². The summed E-state index contributed by atoms with van der Waals surface area (Å²) < 4.78 is 0. The fraction of sp³-hybridized carbons (Fsp3) is 0.643. The Bertz CT molecular complexity index is 523. The van der Waals surface area contributed by atoms with Crippen molar-refractivity contribution >= 4 is 29.7 Å². The maximum Gasteiger partial charge on any atom is 0.326 e. The second-order valence-electron chi connectivity index (χ2n) is 5.41. The number of carbonyl (C=O) groups excluding carboxylic acids is 3. The molecule has 0 aliphatic heterocycles. The zero-order valence-electron chi connectivity index (χ0n) is 14.1. The van der Waals surface area contributed by atoms with Crippen molar-refractivity contribution in [2.75, 3.05) is 13.1 Å². The van der Waals surface area contributed by atoms with E-state index in [-0.39, 0.29) is 5.92 Å². The van der Waals surface area contributed by atoms with Crippen LogP contribution >= 0.6 is 0 Å². The molecule has 0 saturated carbocycles. The van der Waals surface area contributed by atoms with Crippen LogP contribution in [0, 0.1) is 5.92 Å². The van der Waals surface area contributed by atoms with E-state index >= 15 is 0 Å². The molecule has 3 amide bonds. The number of hydrogen-bond donors (Lipinski definition) is 6. The Morgan fingerprint density at radius 1 is 1.04 bits per heavy atom. The standard InChI is InChI=1S/C14H24N4O7/c1-3-7(2)12(14(24)25)18-10(20)6-16-13(23)8(4-11(21)22)17-9(19)5-15/h7-8,12H,3-6,15H2,1-2H3,(H,16,23)(H,17,19)(H,18,20)(H,21,22)(H,24,25). The predicted octanol–water partition coefficient (Wildman–Crippen LogP) is -2.36. The molecular weight excluding hydrogens is 336 g/mol. The van der Waals surface area contributed by atoms with Crippen molar-refractivity contribution in [1.82, 2.24) is 16.0 Å². The highest BCUT2D eigenvalue weighted by molar-refractivity contribution is 5.93. The third-order valence-electron chi connectivity index (χ3n) is 3.43. The summed E-state index contributed by atoms with van der Waals surface area (Å²) in [6, 6.07) is -2.51. The van der Waals surface area contributed by atoms with Crippen molar-refractivity contribution < 1.29 is 34.2 Å². The van der Waals surface area contributed by atoms with E-state index in [0.717, 1.165) is 0 Å². The molecule has 0 spiro atoms. The average molecular weight is 360 g/mol. The van der Waals surface area contributed by atoms with Gasteiger partial charge in [0, 0.05) is 0 Å². The van der Waals surface area contributed by atoms with Crippen molar-refractivity contribution in [2.24, 2.45) is 11.7 Å². The van der Waals surface area contributed by atoms with Gasteiger partial charge in [-0.1, -0.05) is 20.3 Å². The summed E-state index contributed by atoms with van der Waals surface area (Å²) in [7, 11) is 0. The maximum absolute atomic E-state index is 11.9. The largest absolute Gasteiger partial charge is 0.481 e. The van der Waals surface area contributed by atoms with Crippen LogP contribution in [0.25, 0.3) is 0 Å². The molecule has 11 heteroatoms. The quantitative estimate of drug-likeness (QED) is 0.236. The van der Waals surface area contributed by atoms with Crippen LogP contribution in [0.15, 0.2) is 0 Å². The van der Waals surface area contributed by atoms with Gasteiger partial charge in [-0.3, -0.25) is 19.2 Å². The summed E-state index contributed by atoms with van der Waals surface area (Å²) in [5, 5.41) is 24.4. The number of amides is 3. The van der Waals surface area contributed by atoms with Gasteiger partial charge in [0.1, 0.15) is 12.1 Å². The SMILES string of the molecule is CCC(C)C(NC(=O)CNC(=O)C(CC(=O)O)NC(=O)CN)C(=O)O. The molecule has 0 heterocycles. The third kappa shape index (κ3) is 8.65. The molecule has 0 aliphatic carbocycles. The summed E-state index contributed by atoms with van der Waals surface area (Å²) in [6.45, 7) is 2.43. The summed E-state index contributed by atoms with van der Waals surface area (Å²) in [6.07, 6.45) is -0.167. The summed E-state index contributed by atoms with van der Waals surface area (Å²) >= 11 is 0. The average Bonchev–Trinajstić information content (AvgIpc) is 2.55. The Kier molecular flexibility index (Phi) is 9.79. The first-order valence-corrected chi connectivity index (χ1v) is 7.63. The smallest absolute Gasteiger partial charge is 0.326 e. The molecule has 0 bridgehead atoms. The second kappa shape index (κ2) is 11.0. The van der Waals surface area contributed by atoms with Crippen LogP contribution in [0.5, 0.6) is 0 Å². The number of nitrogens with two attached hydrogens (primary N) is 1. The first kappa shape index (κ1) is 22.3. The van der Waals surface area contributed by atoms with E-state index < -0.39 is 61.3 Å². The molecule has 0 radical (unpaired) electrons. The lowest BCUT2D eigenvalue weighted by Gasteiger charge is -2.21. The third-order valence-corrected chi connectivity index (χ3v) is 3.43. The molecule has 3 atom stereocenters. The van der Waals surface area contributed by atoms with Gasteiger partial charge >= 0.3 is 11.9 Å². The molecule has 3 unspecified atom stereocenters. The van der Waals surface area contributed by atoms with Crippen molar-refractivity contribution in [3.05, 3.63) is 0 Å². The van der Waals surface area contributed by atoms with E-state index in [1.807, 2.05) is 0 Å². The summed E-state index contributed by atoms with van der Waals surface area (Å²) in [5.74, 6) is -5.22. The van der Waals surface area contributed by atoms with Crippen LogP contribution in [0.1, 0.15) is 26.7 Å². The molecule has 0 aromatic heterocycles.